The number of pyridine rings is 1. The maximum absolute atomic E-state index is 13.2. The highest BCUT2D eigenvalue weighted by Gasteiger charge is 2.37. The molecule has 3 amide bonds. The van der Waals surface area contributed by atoms with Crippen LogP contribution in [0.25, 0.3) is 0 Å². The second-order valence-corrected chi connectivity index (χ2v) is 8.73. The van der Waals surface area contributed by atoms with Crippen LogP contribution in [-0.2, 0) is 6.54 Å². The lowest BCUT2D eigenvalue weighted by molar-refractivity contribution is 0.0594. The van der Waals surface area contributed by atoms with E-state index in [0.717, 1.165) is 12.1 Å². The molecule has 8 nitrogen and oxygen atoms in total. The molecule has 1 aromatic heterocycles. The first-order valence-corrected chi connectivity index (χ1v) is 11.2. The molecule has 2 aliphatic heterocycles. The number of carbonyl (C=O) groups excluding carboxylic acids is 2. The summed E-state index contributed by atoms with van der Waals surface area (Å²) in [7, 11) is 0. The Morgan fingerprint density at radius 2 is 1.76 bits per heavy atom. The van der Waals surface area contributed by atoms with E-state index in [4.69, 9.17) is 5.26 Å². The first-order valence-electron chi connectivity index (χ1n) is 11.2. The van der Waals surface area contributed by atoms with Gasteiger partial charge in [0.1, 0.15) is 5.69 Å². The monoisotopic (exact) mass is 453 g/mol. The predicted octanol–water partition coefficient (Wildman–Crippen LogP) is 3.62. The Labute approximate surface area is 196 Å². The van der Waals surface area contributed by atoms with Gasteiger partial charge in [-0.05, 0) is 54.8 Å². The lowest BCUT2D eigenvalue weighted by Crippen LogP contribution is -2.49. The van der Waals surface area contributed by atoms with Crippen LogP contribution in [0.5, 0.6) is 0 Å². The maximum Gasteiger partial charge on any atom is 0.323 e. The predicted molar refractivity (Wildman–Crippen MR) is 128 cm³/mol. The van der Waals surface area contributed by atoms with Gasteiger partial charge in [-0.25, -0.2) is 4.79 Å². The summed E-state index contributed by atoms with van der Waals surface area (Å²) in [5.74, 6) is 0.264. The third-order valence-corrected chi connectivity index (χ3v) is 6.41. The zero-order valence-corrected chi connectivity index (χ0v) is 18.4. The number of amides is 3. The second kappa shape index (κ2) is 8.87. The first-order chi connectivity index (χ1) is 16.5. The van der Waals surface area contributed by atoms with E-state index in [2.05, 4.69) is 10.6 Å². The van der Waals surface area contributed by atoms with Crippen molar-refractivity contribution in [2.45, 2.75) is 18.9 Å². The van der Waals surface area contributed by atoms with Gasteiger partial charge in [-0.2, -0.15) is 5.26 Å². The topological polar surface area (TPSA) is 107 Å². The molecule has 170 valence electrons. The van der Waals surface area contributed by atoms with Crippen molar-refractivity contribution in [3.05, 3.63) is 93.9 Å². The van der Waals surface area contributed by atoms with Crippen molar-refractivity contribution >= 4 is 23.3 Å². The summed E-state index contributed by atoms with van der Waals surface area (Å²) in [6.07, 6.45) is 0.931. The molecule has 0 radical (unpaired) electrons. The Balaban J connectivity index is 1.32. The van der Waals surface area contributed by atoms with Crippen LogP contribution in [0.1, 0.15) is 34.0 Å². The van der Waals surface area contributed by atoms with Gasteiger partial charge in [-0.15, -0.1) is 0 Å². The van der Waals surface area contributed by atoms with Gasteiger partial charge < -0.3 is 20.1 Å². The summed E-state index contributed by atoms with van der Waals surface area (Å²) in [5.41, 5.74) is 2.39. The molecular weight excluding hydrogens is 430 g/mol. The molecule has 2 aliphatic rings. The molecule has 2 N–H and O–H groups in total. The summed E-state index contributed by atoms with van der Waals surface area (Å²) in [4.78, 5) is 40.5. The molecule has 3 heterocycles. The number of urea groups is 1. The lowest BCUT2D eigenvalue weighted by atomic mass is 9.83. The number of benzene rings is 2. The van der Waals surface area contributed by atoms with Crippen LogP contribution in [0.2, 0.25) is 0 Å². The zero-order chi connectivity index (χ0) is 23.7. The smallest absolute Gasteiger partial charge is 0.323 e. The van der Waals surface area contributed by atoms with E-state index in [9.17, 15) is 14.4 Å². The van der Waals surface area contributed by atoms with Crippen LogP contribution in [-0.4, -0.2) is 34.5 Å². The van der Waals surface area contributed by atoms with Gasteiger partial charge in [0, 0.05) is 42.5 Å². The molecule has 34 heavy (non-hydrogen) atoms. The van der Waals surface area contributed by atoms with Crippen LogP contribution in [0.3, 0.4) is 0 Å². The highest BCUT2D eigenvalue weighted by molar-refractivity contribution is 5.99. The molecule has 0 aliphatic carbocycles. The van der Waals surface area contributed by atoms with Crippen LogP contribution in [0.15, 0.2) is 71.5 Å². The number of fused-ring (bicyclic) bond motifs is 4. The number of carbonyl (C=O) groups is 2. The number of rotatable bonds is 3. The van der Waals surface area contributed by atoms with E-state index in [0.29, 0.717) is 36.4 Å². The fourth-order valence-corrected chi connectivity index (χ4v) is 4.92. The van der Waals surface area contributed by atoms with Crippen molar-refractivity contribution in [1.82, 2.24) is 9.47 Å². The summed E-state index contributed by atoms with van der Waals surface area (Å²) < 4.78 is 1.73. The number of nitrogens with one attached hydrogen (secondary N) is 2. The van der Waals surface area contributed by atoms with Gasteiger partial charge in [0.05, 0.1) is 11.6 Å². The van der Waals surface area contributed by atoms with Gasteiger partial charge in [-0.1, -0.05) is 24.3 Å². The van der Waals surface area contributed by atoms with Gasteiger partial charge in [0.2, 0.25) is 0 Å². The van der Waals surface area contributed by atoms with Gasteiger partial charge in [-0.3, -0.25) is 9.59 Å². The fraction of sp³-hybridized carbons (Fsp3) is 0.231. The Morgan fingerprint density at radius 1 is 0.941 bits per heavy atom. The van der Waals surface area contributed by atoms with Gasteiger partial charge in [0.25, 0.3) is 11.5 Å². The normalized spacial score (nSPS) is 18.4. The number of likely N-dealkylation sites (tertiary alicyclic amines) is 1. The highest BCUT2D eigenvalue weighted by atomic mass is 16.2. The van der Waals surface area contributed by atoms with Crippen LogP contribution >= 0.6 is 0 Å². The van der Waals surface area contributed by atoms with Crippen LogP contribution < -0.4 is 16.2 Å². The molecular formula is C26H23N5O3. The average Bonchev–Trinajstić information content (AvgIpc) is 2.86. The van der Waals surface area contributed by atoms with Gasteiger partial charge in [0.15, 0.2) is 0 Å². The summed E-state index contributed by atoms with van der Waals surface area (Å²) in [6.45, 7) is 1.67. The molecule has 2 unspecified atom stereocenters. The van der Waals surface area contributed by atoms with Crippen molar-refractivity contribution in [2.75, 3.05) is 23.7 Å². The van der Waals surface area contributed by atoms with Gasteiger partial charge >= 0.3 is 6.03 Å². The Bertz CT molecular complexity index is 1360. The van der Waals surface area contributed by atoms with Crippen molar-refractivity contribution < 1.29 is 9.59 Å². The molecule has 5 rings (SSSR count). The average molecular weight is 454 g/mol. The molecule has 2 bridgehead atoms. The molecule has 3 aromatic rings. The van der Waals surface area contributed by atoms with E-state index in [1.165, 1.54) is 0 Å². The van der Waals surface area contributed by atoms with Crippen LogP contribution in [0.4, 0.5) is 16.2 Å². The van der Waals surface area contributed by atoms with Crippen molar-refractivity contribution in [2.24, 2.45) is 5.92 Å². The van der Waals surface area contributed by atoms with Crippen molar-refractivity contribution in [3.63, 3.8) is 0 Å². The number of nitriles is 1. The third kappa shape index (κ3) is 4.16. The Hall–Kier alpha value is -4.38. The molecule has 1 saturated heterocycles. The van der Waals surface area contributed by atoms with Crippen LogP contribution in [0, 0.1) is 17.2 Å². The molecule has 2 atom stereocenters. The summed E-state index contributed by atoms with van der Waals surface area (Å²) in [5, 5.41) is 14.3. The highest BCUT2D eigenvalue weighted by Crippen LogP contribution is 2.36. The molecule has 0 saturated carbocycles. The fourth-order valence-electron chi connectivity index (χ4n) is 4.92. The number of anilines is 2. The molecule has 8 heteroatoms. The minimum atomic E-state index is -0.552. The zero-order valence-electron chi connectivity index (χ0n) is 18.4. The number of nitrogens with zero attached hydrogens (tertiary/aromatic N) is 3. The standard InChI is InChI=1S/C26H23N5O3/c27-13-17-5-4-8-21(12-17)28-26(34)29-22-9-10-23-20-11-18(15-31(23)25(22)33)14-30(16-20)24(32)19-6-2-1-3-7-19/h1-10,12,18,20H,11,14-16H2,(H2,28,29,34). The minimum Gasteiger partial charge on any atom is -0.338 e. The quantitative estimate of drug-likeness (QED) is 0.631. The van der Waals surface area contributed by atoms with E-state index < -0.39 is 6.03 Å². The van der Waals surface area contributed by atoms with Crippen molar-refractivity contribution in [3.8, 4) is 6.07 Å². The maximum atomic E-state index is 13.2. The first kappa shape index (κ1) is 21.5. The summed E-state index contributed by atoms with van der Waals surface area (Å²) in [6, 6.07) is 20.8. The summed E-state index contributed by atoms with van der Waals surface area (Å²) >= 11 is 0. The number of piperidine rings is 1. The molecule has 1 fully saturated rings. The van der Waals surface area contributed by atoms with E-state index in [-0.39, 0.29) is 29.0 Å². The second-order valence-electron chi connectivity index (χ2n) is 8.73. The SMILES string of the molecule is N#Cc1cccc(NC(=O)Nc2ccc3n(c2=O)CC2CC3CN(C(=O)c3ccccc3)C2)c1. The van der Waals surface area contributed by atoms with E-state index >= 15 is 0 Å². The Kier molecular flexibility index (Phi) is 5.60. The number of aromatic nitrogens is 1. The molecule has 2 aromatic carbocycles. The third-order valence-electron chi connectivity index (χ3n) is 6.41. The van der Waals surface area contributed by atoms with Crippen molar-refractivity contribution in [1.29, 1.82) is 5.26 Å². The molecule has 0 spiro atoms. The number of hydrogen-bond donors (Lipinski definition) is 2. The largest absolute Gasteiger partial charge is 0.338 e. The Morgan fingerprint density at radius 3 is 2.56 bits per heavy atom. The number of hydrogen-bond acceptors (Lipinski definition) is 4. The van der Waals surface area contributed by atoms with E-state index in [1.54, 1.807) is 34.9 Å². The lowest BCUT2D eigenvalue weighted by Gasteiger charge is -2.43. The minimum absolute atomic E-state index is 0.0153. The van der Waals surface area contributed by atoms with E-state index in [1.807, 2.05) is 47.4 Å².